The molecule has 2 heterocycles. The molecule has 31 heavy (non-hydrogen) atoms. The fourth-order valence-corrected chi connectivity index (χ4v) is 4.03. The second-order valence-corrected chi connectivity index (χ2v) is 8.12. The van der Waals surface area contributed by atoms with E-state index >= 15 is 0 Å². The second-order valence-electron chi connectivity index (χ2n) is 8.12. The summed E-state index contributed by atoms with van der Waals surface area (Å²) in [5.74, 6) is 1.69. The Hall–Kier alpha value is -2.83. The van der Waals surface area contributed by atoms with E-state index in [0.29, 0.717) is 6.61 Å². The van der Waals surface area contributed by atoms with Crippen molar-refractivity contribution in [2.45, 2.75) is 20.4 Å². The zero-order valence-electron chi connectivity index (χ0n) is 18.5. The Labute approximate surface area is 183 Å². The van der Waals surface area contributed by atoms with Gasteiger partial charge in [0.15, 0.2) is 0 Å². The highest BCUT2D eigenvalue weighted by Gasteiger charge is 2.19. The first-order valence-electron chi connectivity index (χ1n) is 10.8. The molecule has 0 aliphatic carbocycles. The average molecular weight is 423 g/mol. The van der Waals surface area contributed by atoms with Gasteiger partial charge in [0.1, 0.15) is 23.7 Å². The predicted octanol–water partition coefficient (Wildman–Crippen LogP) is 3.62. The molecule has 1 aliphatic heterocycles. The lowest BCUT2D eigenvalue weighted by atomic mass is 10.0. The van der Waals surface area contributed by atoms with Crippen LogP contribution in [0.25, 0.3) is 11.0 Å². The average Bonchev–Trinajstić information content (AvgIpc) is 2.78. The number of rotatable bonds is 7. The minimum absolute atomic E-state index is 0.273. The van der Waals surface area contributed by atoms with Crippen molar-refractivity contribution in [3.8, 4) is 11.5 Å². The number of ether oxygens (including phenoxy) is 2. The van der Waals surface area contributed by atoms with E-state index in [1.54, 1.807) is 13.2 Å². The Kier molecular flexibility index (Phi) is 6.59. The van der Waals surface area contributed by atoms with Crippen LogP contribution >= 0.6 is 0 Å². The number of benzene rings is 2. The third-order valence-electron chi connectivity index (χ3n) is 6.11. The molecule has 0 radical (unpaired) electrons. The number of methoxy groups -OCH3 is 1. The molecule has 0 amide bonds. The zero-order chi connectivity index (χ0) is 21.8. The number of fused-ring (bicyclic) bond motifs is 1. The van der Waals surface area contributed by atoms with Crippen molar-refractivity contribution in [3.63, 3.8) is 0 Å². The van der Waals surface area contributed by atoms with Crippen molar-refractivity contribution >= 4 is 11.0 Å². The first kappa shape index (κ1) is 21.4. The predicted molar refractivity (Wildman–Crippen MR) is 122 cm³/mol. The summed E-state index contributed by atoms with van der Waals surface area (Å²) in [6.45, 7) is 10.3. The van der Waals surface area contributed by atoms with Gasteiger partial charge in [-0.2, -0.15) is 0 Å². The largest absolute Gasteiger partial charge is 0.497 e. The Balaban J connectivity index is 1.30. The van der Waals surface area contributed by atoms with E-state index in [4.69, 9.17) is 13.9 Å². The van der Waals surface area contributed by atoms with Crippen molar-refractivity contribution in [2.24, 2.45) is 0 Å². The van der Waals surface area contributed by atoms with Gasteiger partial charge in [-0.15, -0.1) is 0 Å². The third-order valence-corrected chi connectivity index (χ3v) is 6.11. The van der Waals surface area contributed by atoms with E-state index in [9.17, 15) is 4.79 Å². The molecule has 0 atom stereocenters. The van der Waals surface area contributed by atoms with Gasteiger partial charge >= 0.3 is 5.63 Å². The zero-order valence-corrected chi connectivity index (χ0v) is 18.5. The summed E-state index contributed by atoms with van der Waals surface area (Å²) in [5.41, 5.74) is 3.67. The van der Waals surface area contributed by atoms with Crippen LogP contribution in [0, 0.1) is 13.8 Å². The summed E-state index contributed by atoms with van der Waals surface area (Å²) in [6.07, 6.45) is 0. The number of piperazine rings is 1. The van der Waals surface area contributed by atoms with Gasteiger partial charge in [0.2, 0.25) is 0 Å². The van der Waals surface area contributed by atoms with Gasteiger partial charge in [-0.3, -0.25) is 9.80 Å². The number of hydrogen-bond acceptors (Lipinski definition) is 6. The van der Waals surface area contributed by atoms with Crippen molar-refractivity contribution < 1.29 is 13.9 Å². The maximum Gasteiger partial charge on any atom is 0.336 e. The molecule has 2 aromatic carbocycles. The molecule has 0 N–H and O–H groups in total. The van der Waals surface area contributed by atoms with E-state index in [1.807, 2.05) is 38.1 Å². The molecule has 1 fully saturated rings. The van der Waals surface area contributed by atoms with Crippen LogP contribution in [-0.2, 0) is 6.54 Å². The van der Waals surface area contributed by atoms with Crippen LogP contribution < -0.4 is 15.1 Å². The standard InChI is InChI=1S/C25H30N2O4/c1-18-4-9-23-20(16-24(28)31-25(23)19(18)2)17-27-12-10-26(11-13-27)14-15-30-22-7-5-21(29-3)6-8-22/h4-9,16H,10-15,17H2,1-3H3. The van der Waals surface area contributed by atoms with Crippen LogP contribution in [0.3, 0.4) is 0 Å². The molecule has 0 bridgehead atoms. The fourth-order valence-electron chi connectivity index (χ4n) is 4.03. The summed E-state index contributed by atoms with van der Waals surface area (Å²) < 4.78 is 16.5. The van der Waals surface area contributed by atoms with Crippen LogP contribution in [-0.4, -0.2) is 56.2 Å². The highest BCUT2D eigenvalue weighted by Crippen LogP contribution is 2.24. The molecule has 164 valence electrons. The maximum absolute atomic E-state index is 12.1. The fraction of sp³-hybridized carbons (Fsp3) is 0.400. The molecule has 0 spiro atoms. The van der Waals surface area contributed by atoms with E-state index in [2.05, 4.69) is 21.9 Å². The highest BCUT2D eigenvalue weighted by atomic mass is 16.5. The van der Waals surface area contributed by atoms with Gasteiger partial charge in [-0.25, -0.2) is 4.79 Å². The summed E-state index contributed by atoms with van der Waals surface area (Å²) in [6, 6.07) is 13.5. The van der Waals surface area contributed by atoms with Crippen molar-refractivity contribution in [1.82, 2.24) is 9.80 Å². The molecule has 1 aliphatic rings. The van der Waals surface area contributed by atoms with Crippen molar-refractivity contribution in [2.75, 3.05) is 46.4 Å². The summed E-state index contributed by atoms with van der Waals surface area (Å²) in [5, 5.41) is 1.04. The van der Waals surface area contributed by atoms with E-state index in [1.165, 1.54) is 0 Å². The normalized spacial score (nSPS) is 15.3. The second kappa shape index (κ2) is 9.54. The molecule has 6 nitrogen and oxygen atoms in total. The SMILES string of the molecule is COc1ccc(OCCN2CCN(Cc3cc(=O)oc4c(C)c(C)ccc34)CC2)cc1. The minimum Gasteiger partial charge on any atom is -0.497 e. The Bertz CT molecular complexity index is 1080. The van der Waals surface area contributed by atoms with Gasteiger partial charge in [0.25, 0.3) is 0 Å². The Morgan fingerprint density at radius 2 is 1.61 bits per heavy atom. The molecule has 0 unspecified atom stereocenters. The number of aryl methyl sites for hydroxylation is 2. The number of hydrogen-bond donors (Lipinski definition) is 0. The van der Waals surface area contributed by atoms with Crippen LogP contribution in [0.1, 0.15) is 16.7 Å². The first-order chi connectivity index (χ1) is 15.0. The van der Waals surface area contributed by atoms with E-state index in [-0.39, 0.29) is 5.63 Å². The summed E-state index contributed by atoms with van der Waals surface area (Å²) in [4.78, 5) is 16.9. The van der Waals surface area contributed by atoms with Gasteiger partial charge in [-0.05, 0) is 54.8 Å². The highest BCUT2D eigenvalue weighted by molar-refractivity contribution is 5.83. The molecule has 3 aromatic rings. The molecule has 0 saturated carbocycles. The molecule has 6 heteroatoms. The monoisotopic (exact) mass is 422 g/mol. The van der Waals surface area contributed by atoms with Crippen LogP contribution in [0.5, 0.6) is 11.5 Å². The quantitative estimate of drug-likeness (QED) is 0.542. The van der Waals surface area contributed by atoms with Gasteiger partial charge in [0, 0.05) is 50.7 Å². The van der Waals surface area contributed by atoms with E-state index in [0.717, 1.165) is 78.4 Å². The lowest BCUT2D eigenvalue weighted by molar-refractivity contribution is 0.112. The third kappa shape index (κ3) is 5.09. The van der Waals surface area contributed by atoms with Crippen LogP contribution in [0.2, 0.25) is 0 Å². The Morgan fingerprint density at radius 1 is 0.935 bits per heavy atom. The molecular formula is C25H30N2O4. The molecular weight excluding hydrogens is 392 g/mol. The lowest BCUT2D eigenvalue weighted by Crippen LogP contribution is -2.47. The number of nitrogens with zero attached hydrogens (tertiary/aromatic N) is 2. The van der Waals surface area contributed by atoms with Crippen LogP contribution in [0.4, 0.5) is 0 Å². The van der Waals surface area contributed by atoms with Gasteiger partial charge < -0.3 is 13.9 Å². The van der Waals surface area contributed by atoms with Crippen molar-refractivity contribution in [1.29, 1.82) is 0 Å². The summed E-state index contributed by atoms with van der Waals surface area (Å²) >= 11 is 0. The Morgan fingerprint density at radius 3 is 2.32 bits per heavy atom. The molecule has 4 rings (SSSR count). The lowest BCUT2D eigenvalue weighted by Gasteiger charge is -2.34. The van der Waals surface area contributed by atoms with Crippen molar-refractivity contribution in [3.05, 3.63) is 69.6 Å². The maximum atomic E-state index is 12.1. The van der Waals surface area contributed by atoms with Gasteiger partial charge in [-0.1, -0.05) is 12.1 Å². The minimum atomic E-state index is -0.273. The van der Waals surface area contributed by atoms with E-state index < -0.39 is 0 Å². The smallest absolute Gasteiger partial charge is 0.336 e. The molecule has 1 aromatic heterocycles. The molecule has 1 saturated heterocycles. The summed E-state index contributed by atoms with van der Waals surface area (Å²) in [7, 11) is 1.66. The topological polar surface area (TPSA) is 55.2 Å². The van der Waals surface area contributed by atoms with Crippen LogP contribution in [0.15, 0.2) is 51.7 Å². The van der Waals surface area contributed by atoms with Gasteiger partial charge in [0.05, 0.1) is 7.11 Å². The first-order valence-corrected chi connectivity index (χ1v) is 10.8.